The van der Waals surface area contributed by atoms with Crippen LogP contribution in [0.5, 0.6) is 5.75 Å². The van der Waals surface area contributed by atoms with Crippen LogP contribution >= 0.6 is 0 Å². The molecule has 0 aliphatic heterocycles. The van der Waals surface area contributed by atoms with E-state index in [-0.39, 0.29) is 11.3 Å². The van der Waals surface area contributed by atoms with E-state index in [1.54, 1.807) is 54.6 Å². The second-order valence-corrected chi connectivity index (χ2v) is 5.17. The molecular formula is C19H13F2NO3. The van der Waals surface area contributed by atoms with Gasteiger partial charge >= 0.3 is 12.6 Å². The fourth-order valence-corrected chi connectivity index (χ4v) is 2.45. The quantitative estimate of drug-likeness (QED) is 0.730. The lowest BCUT2D eigenvalue weighted by molar-refractivity contribution is -0.0499. The van der Waals surface area contributed by atoms with Gasteiger partial charge in [-0.15, -0.1) is 0 Å². The van der Waals surface area contributed by atoms with Gasteiger partial charge in [0, 0.05) is 10.9 Å². The molecule has 25 heavy (non-hydrogen) atoms. The molecule has 0 saturated carbocycles. The number of benzene rings is 2. The molecule has 126 valence electrons. The number of para-hydroxylation sites is 2. The number of carbonyl (C=O) groups is 1. The highest BCUT2D eigenvalue weighted by molar-refractivity contribution is 6.03. The summed E-state index contributed by atoms with van der Waals surface area (Å²) in [6.07, 6.45) is 3.12. The van der Waals surface area contributed by atoms with Crippen molar-refractivity contribution in [2.75, 3.05) is 0 Å². The molecule has 4 nitrogen and oxygen atoms in total. The van der Waals surface area contributed by atoms with Gasteiger partial charge in [-0.2, -0.15) is 8.78 Å². The third-order valence-electron chi connectivity index (χ3n) is 3.54. The van der Waals surface area contributed by atoms with E-state index in [0.717, 1.165) is 0 Å². The molecule has 0 bridgehead atoms. The standard InChI is InChI=1S/C19H13F2NO3/c20-19(21)25-17-8-4-1-5-12(17)9-10-13-11-15(18(23)24)14-6-2-3-7-16(14)22-13/h1-11,19H,(H,23,24)/b10-9+. The van der Waals surface area contributed by atoms with E-state index in [2.05, 4.69) is 9.72 Å². The van der Waals surface area contributed by atoms with Gasteiger partial charge in [0.2, 0.25) is 0 Å². The van der Waals surface area contributed by atoms with Crippen LogP contribution in [-0.2, 0) is 0 Å². The van der Waals surface area contributed by atoms with E-state index in [1.807, 2.05) is 0 Å². The van der Waals surface area contributed by atoms with Crippen molar-refractivity contribution in [3.63, 3.8) is 0 Å². The average molecular weight is 341 g/mol. The van der Waals surface area contributed by atoms with Crippen LogP contribution in [0.15, 0.2) is 54.6 Å². The number of nitrogens with zero attached hydrogens (tertiary/aromatic N) is 1. The number of halogens is 2. The highest BCUT2D eigenvalue weighted by Gasteiger charge is 2.11. The van der Waals surface area contributed by atoms with E-state index in [4.69, 9.17) is 0 Å². The second kappa shape index (κ2) is 7.09. The summed E-state index contributed by atoms with van der Waals surface area (Å²) in [7, 11) is 0. The predicted octanol–water partition coefficient (Wildman–Crippen LogP) is 4.70. The molecule has 1 heterocycles. The molecule has 2 aromatic carbocycles. The van der Waals surface area contributed by atoms with Crippen molar-refractivity contribution in [2.24, 2.45) is 0 Å². The summed E-state index contributed by atoms with van der Waals surface area (Å²) < 4.78 is 29.4. The number of pyridine rings is 1. The van der Waals surface area contributed by atoms with Gasteiger partial charge in [0.1, 0.15) is 5.75 Å². The summed E-state index contributed by atoms with van der Waals surface area (Å²) in [5.74, 6) is -1.03. The molecule has 0 radical (unpaired) electrons. The first-order valence-electron chi connectivity index (χ1n) is 7.39. The first kappa shape index (κ1) is 16.6. The van der Waals surface area contributed by atoms with Gasteiger partial charge in [-0.3, -0.25) is 0 Å². The molecule has 0 spiro atoms. The number of aromatic carboxylic acids is 1. The second-order valence-electron chi connectivity index (χ2n) is 5.17. The maximum atomic E-state index is 12.5. The number of carboxylic acid groups (broad SMARTS) is 1. The average Bonchev–Trinajstić information content (AvgIpc) is 2.59. The molecule has 1 N–H and O–H groups in total. The number of hydrogen-bond acceptors (Lipinski definition) is 3. The molecule has 3 aromatic rings. The van der Waals surface area contributed by atoms with E-state index in [9.17, 15) is 18.7 Å². The zero-order valence-corrected chi connectivity index (χ0v) is 12.9. The Bertz CT molecular complexity index is 954. The molecule has 1 aromatic heterocycles. The minimum Gasteiger partial charge on any atom is -0.478 e. The molecule has 0 atom stereocenters. The lowest BCUT2D eigenvalue weighted by Gasteiger charge is -2.07. The third-order valence-corrected chi connectivity index (χ3v) is 3.54. The van der Waals surface area contributed by atoms with Gasteiger partial charge in [-0.1, -0.05) is 36.4 Å². The summed E-state index contributed by atoms with van der Waals surface area (Å²) >= 11 is 0. The van der Waals surface area contributed by atoms with Gasteiger partial charge in [-0.25, -0.2) is 9.78 Å². The van der Waals surface area contributed by atoms with Crippen molar-refractivity contribution >= 4 is 29.0 Å². The van der Waals surface area contributed by atoms with Crippen molar-refractivity contribution in [3.05, 3.63) is 71.4 Å². The maximum absolute atomic E-state index is 12.5. The van der Waals surface area contributed by atoms with Crippen LogP contribution < -0.4 is 4.74 Å². The summed E-state index contributed by atoms with van der Waals surface area (Å²) in [6.45, 7) is -2.92. The number of hydrogen-bond donors (Lipinski definition) is 1. The number of alkyl halides is 2. The lowest BCUT2D eigenvalue weighted by Crippen LogP contribution is -2.03. The Morgan fingerprint density at radius 2 is 1.80 bits per heavy atom. The highest BCUT2D eigenvalue weighted by atomic mass is 19.3. The van der Waals surface area contributed by atoms with E-state index >= 15 is 0 Å². The molecular weight excluding hydrogens is 328 g/mol. The molecule has 0 unspecified atom stereocenters. The summed E-state index contributed by atoms with van der Waals surface area (Å²) in [4.78, 5) is 15.8. The van der Waals surface area contributed by atoms with Crippen LogP contribution in [0.3, 0.4) is 0 Å². The van der Waals surface area contributed by atoms with Crippen molar-refractivity contribution in [3.8, 4) is 5.75 Å². The van der Waals surface area contributed by atoms with Crippen molar-refractivity contribution in [1.82, 2.24) is 4.98 Å². The molecule has 6 heteroatoms. The Morgan fingerprint density at radius 3 is 2.56 bits per heavy atom. The van der Waals surface area contributed by atoms with Crippen molar-refractivity contribution in [2.45, 2.75) is 6.61 Å². The fraction of sp³-hybridized carbons (Fsp3) is 0.0526. The third kappa shape index (κ3) is 3.80. The van der Waals surface area contributed by atoms with Gasteiger partial charge in [0.05, 0.1) is 16.8 Å². The summed E-state index contributed by atoms with van der Waals surface area (Å²) in [6, 6.07) is 14.7. The minimum atomic E-state index is -2.92. The van der Waals surface area contributed by atoms with Gasteiger partial charge in [0.15, 0.2) is 0 Å². The van der Waals surface area contributed by atoms with Gasteiger partial charge in [-0.05, 0) is 30.4 Å². The molecule has 0 aliphatic rings. The Kier molecular flexibility index (Phi) is 4.70. The van der Waals surface area contributed by atoms with E-state index in [0.29, 0.717) is 22.2 Å². The summed E-state index contributed by atoms with van der Waals surface area (Å²) in [5.41, 5.74) is 1.51. The van der Waals surface area contributed by atoms with Crippen LogP contribution in [0.1, 0.15) is 21.6 Å². The Labute approximate surface area is 142 Å². The normalized spacial score (nSPS) is 11.3. The Balaban J connectivity index is 2.01. The van der Waals surface area contributed by atoms with Crippen molar-refractivity contribution in [1.29, 1.82) is 0 Å². The number of ether oxygens (including phenoxy) is 1. The molecule has 3 rings (SSSR count). The molecule has 0 fully saturated rings. The topological polar surface area (TPSA) is 59.4 Å². The highest BCUT2D eigenvalue weighted by Crippen LogP contribution is 2.24. The fourth-order valence-electron chi connectivity index (χ4n) is 2.45. The smallest absolute Gasteiger partial charge is 0.387 e. The van der Waals surface area contributed by atoms with E-state index in [1.165, 1.54) is 12.1 Å². The van der Waals surface area contributed by atoms with Crippen molar-refractivity contribution < 1.29 is 23.4 Å². The SMILES string of the molecule is O=C(O)c1cc(/C=C/c2ccccc2OC(F)F)nc2ccccc12. The van der Waals surface area contributed by atoms with Crippen LogP contribution in [-0.4, -0.2) is 22.7 Å². The zero-order chi connectivity index (χ0) is 17.8. The minimum absolute atomic E-state index is 0.0352. The number of fused-ring (bicyclic) bond motifs is 1. The zero-order valence-electron chi connectivity index (χ0n) is 12.9. The maximum Gasteiger partial charge on any atom is 0.387 e. The van der Waals surface area contributed by atoms with Gasteiger partial charge in [0.25, 0.3) is 0 Å². The van der Waals surface area contributed by atoms with E-state index < -0.39 is 12.6 Å². The number of aromatic nitrogens is 1. The van der Waals surface area contributed by atoms with Crippen LogP contribution in [0, 0.1) is 0 Å². The van der Waals surface area contributed by atoms with Crippen LogP contribution in [0.4, 0.5) is 8.78 Å². The van der Waals surface area contributed by atoms with Gasteiger partial charge < -0.3 is 9.84 Å². The Morgan fingerprint density at radius 1 is 1.08 bits per heavy atom. The first-order chi connectivity index (χ1) is 12.0. The van der Waals surface area contributed by atoms with Crippen LogP contribution in [0.25, 0.3) is 23.1 Å². The molecule has 0 saturated heterocycles. The number of carboxylic acids is 1. The largest absolute Gasteiger partial charge is 0.478 e. The molecule has 0 aliphatic carbocycles. The number of rotatable bonds is 5. The predicted molar refractivity (Wildman–Crippen MR) is 90.7 cm³/mol. The lowest BCUT2D eigenvalue weighted by atomic mass is 10.1. The summed E-state index contributed by atoms with van der Waals surface area (Å²) in [5, 5.41) is 9.92. The first-order valence-corrected chi connectivity index (χ1v) is 7.39. The Hall–Kier alpha value is -3.28. The monoisotopic (exact) mass is 341 g/mol. The van der Waals surface area contributed by atoms with Crippen LogP contribution in [0.2, 0.25) is 0 Å². The molecule has 0 amide bonds.